The SMILES string of the molecule is CCCNC(=O)N1CCc2cc(C)c(N)cc21. The Kier molecular flexibility index (Phi) is 3.22. The van der Waals surface area contributed by atoms with E-state index in [9.17, 15) is 4.79 Å². The molecule has 1 aromatic carbocycles. The third kappa shape index (κ3) is 2.20. The minimum absolute atomic E-state index is 0.0196. The van der Waals surface area contributed by atoms with Crippen LogP contribution in [0.4, 0.5) is 16.2 Å². The van der Waals surface area contributed by atoms with Gasteiger partial charge >= 0.3 is 6.03 Å². The summed E-state index contributed by atoms with van der Waals surface area (Å²) in [7, 11) is 0. The third-order valence-corrected chi connectivity index (χ3v) is 3.13. The van der Waals surface area contributed by atoms with Gasteiger partial charge in [-0.3, -0.25) is 4.90 Å². The van der Waals surface area contributed by atoms with Crippen molar-refractivity contribution in [1.29, 1.82) is 0 Å². The fraction of sp³-hybridized carbons (Fsp3) is 0.462. The number of nitrogens with two attached hydrogens (primary N) is 1. The Morgan fingerprint density at radius 2 is 2.29 bits per heavy atom. The number of urea groups is 1. The number of aryl methyl sites for hydroxylation is 1. The Morgan fingerprint density at radius 3 is 3.00 bits per heavy atom. The maximum Gasteiger partial charge on any atom is 0.321 e. The number of carbonyl (C=O) groups is 1. The predicted molar refractivity (Wildman–Crippen MR) is 70.3 cm³/mol. The summed E-state index contributed by atoms with van der Waals surface area (Å²) in [5.41, 5.74) is 9.90. The summed E-state index contributed by atoms with van der Waals surface area (Å²) in [5.74, 6) is 0. The van der Waals surface area contributed by atoms with Gasteiger partial charge in [-0.25, -0.2) is 4.79 Å². The van der Waals surface area contributed by atoms with Crippen LogP contribution in [0.3, 0.4) is 0 Å². The lowest BCUT2D eigenvalue weighted by atomic mass is 10.1. The van der Waals surface area contributed by atoms with E-state index in [0.29, 0.717) is 6.54 Å². The molecule has 0 saturated heterocycles. The molecule has 0 bridgehead atoms. The van der Waals surface area contributed by atoms with Crippen molar-refractivity contribution < 1.29 is 4.79 Å². The second kappa shape index (κ2) is 4.65. The zero-order valence-corrected chi connectivity index (χ0v) is 10.4. The van der Waals surface area contributed by atoms with Crippen LogP contribution in [-0.2, 0) is 6.42 Å². The Hall–Kier alpha value is -1.71. The summed E-state index contributed by atoms with van der Waals surface area (Å²) in [5, 5.41) is 2.90. The molecule has 0 aliphatic carbocycles. The van der Waals surface area contributed by atoms with Gasteiger partial charge in [0.25, 0.3) is 0 Å². The van der Waals surface area contributed by atoms with Crippen molar-refractivity contribution in [3.8, 4) is 0 Å². The zero-order chi connectivity index (χ0) is 12.4. The molecule has 3 N–H and O–H groups in total. The number of hydrogen-bond acceptors (Lipinski definition) is 2. The first-order chi connectivity index (χ1) is 8.13. The average Bonchev–Trinajstić information content (AvgIpc) is 2.69. The van der Waals surface area contributed by atoms with Crippen molar-refractivity contribution in [2.24, 2.45) is 0 Å². The molecule has 1 aromatic rings. The van der Waals surface area contributed by atoms with E-state index >= 15 is 0 Å². The highest BCUT2D eigenvalue weighted by Gasteiger charge is 2.24. The summed E-state index contributed by atoms with van der Waals surface area (Å²) in [4.78, 5) is 13.7. The summed E-state index contributed by atoms with van der Waals surface area (Å²) in [6.07, 6.45) is 1.86. The quantitative estimate of drug-likeness (QED) is 0.768. The van der Waals surface area contributed by atoms with E-state index in [1.54, 1.807) is 4.90 Å². The molecule has 0 spiro atoms. The standard InChI is InChI=1S/C13H19N3O/c1-3-5-15-13(17)16-6-4-10-7-9(2)11(14)8-12(10)16/h7-8H,3-6,14H2,1-2H3,(H,15,17). The monoisotopic (exact) mass is 233 g/mol. The minimum Gasteiger partial charge on any atom is -0.398 e. The molecule has 0 atom stereocenters. The van der Waals surface area contributed by atoms with E-state index in [2.05, 4.69) is 11.4 Å². The van der Waals surface area contributed by atoms with Gasteiger partial charge in [0.1, 0.15) is 0 Å². The van der Waals surface area contributed by atoms with Crippen LogP contribution in [0, 0.1) is 6.92 Å². The number of amides is 2. The molecular formula is C13H19N3O. The number of nitrogen functional groups attached to an aromatic ring is 1. The lowest BCUT2D eigenvalue weighted by molar-refractivity contribution is 0.247. The van der Waals surface area contributed by atoms with Gasteiger partial charge in [0.15, 0.2) is 0 Å². The minimum atomic E-state index is -0.0196. The highest BCUT2D eigenvalue weighted by molar-refractivity contribution is 5.95. The average molecular weight is 233 g/mol. The summed E-state index contributed by atoms with van der Waals surface area (Å²) in [6.45, 7) is 5.49. The molecule has 4 nitrogen and oxygen atoms in total. The lowest BCUT2D eigenvalue weighted by Gasteiger charge is -2.18. The normalized spacial score (nSPS) is 13.6. The van der Waals surface area contributed by atoms with Crippen LogP contribution in [0.25, 0.3) is 0 Å². The molecule has 0 saturated carbocycles. The van der Waals surface area contributed by atoms with Crippen molar-refractivity contribution in [3.63, 3.8) is 0 Å². The van der Waals surface area contributed by atoms with Crippen LogP contribution in [0.1, 0.15) is 24.5 Å². The molecule has 0 fully saturated rings. The Balaban J connectivity index is 2.21. The van der Waals surface area contributed by atoms with Crippen LogP contribution in [0.15, 0.2) is 12.1 Å². The van der Waals surface area contributed by atoms with Gasteiger partial charge in [-0.2, -0.15) is 0 Å². The smallest absolute Gasteiger partial charge is 0.321 e. The molecule has 1 aliphatic heterocycles. The molecule has 0 unspecified atom stereocenters. The van der Waals surface area contributed by atoms with Gasteiger partial charge in [-0.1, -0.05) is 13.0 Å². The Labute approximate surface area is 102 Å². The van der Waals surface area contributed by atoms with Crippen molar-refractivity contribution in [1.82, 2.24) is 5.32 Å². The number of carbonyl (C=O) groups excluding carboxylic acids is 1. The molecule has 17 heavy (non-hydrogen) atoms. The molecule has 2 rings (SSSR count). The predicted octanol–water partition coefficient (Wildman–Crippen LogP) is 2.06. The first kappa shape index (κ1) is 11.8. The number of hydrogen-bond donors (Lipinski definition) is 2. The molecule has 0 aromatic heterocycles. The number of nitrogens with zero attached hydrogens (tertiary/aromatic N) is 1. The molecule has 2 amide bonds. The highest BCUT2D eigenvalue weighted by atomic mass is 16.2. The molecule has 92 valence electrons. The maximum absolute atomic E-state index is 11.9. The van der Waals surface area contributed by atoms with Crippen LogP contribution in [-0.4, -0.2) is 19.1 Å². The molecule has 0 radical (unpaired) electrons. The van der Waals surface area contributed by atoms with Gasteiger partial charge in [0.05, 0.1) is 5.69 Å². The van der Waals surface area contributed by atoms with Gasteiger partial charge in [0, 0.05) is 18.8 Å². The van der Waals surface area contributed by atoms with Gasteiger partial charge < -0.3 is 11.1 Å². The van der Waals surface area contributed by atoms with Gasteiger partial charge in [-0.05, 0) is 37.0 Å². The maximum atomic E-state index is 11.9. The topological polar surface area (TPSA) is 58.4 Å². The molecule has 1 heterocycles. The number of nitrogens with one attached hydrogen (secondary N) is 1. The molecular weight excluding hydrogens is 214 g/mol. The Bertz CT molecular complexity index is 443. The van der Waals surface area contributed by atoms with Crippen LogP contribution in [0.5, 0.6) is 0 Å². The second-order valence-electron chi connectivity index (χ2n) is 4.47. The van der Waals surface area contributed by atoms with Crippen molar-refractivity contribution in [3.05, 3.63) is 23.3 Å². The lowest BCUT2D eigenvalue weighted by Crippen LogP contribution is -2.39. The van der Waals surface area contributed by atoms with Crippen molar-refractivity contribution in [2.45, 2.75) is 26.7 Å². The summed E-state index contributed by atoms with van der Waals surface area (Å²) >= 11 is 0. The number of anilines is 2. The third-order valence-electron chi connectivity index (χ3n) is 3.13. The van der Waals surface area contributed by atoms with E-state index in [1.807, 2.05) is 19.9 Å². The number of rotatable bonds is 2. The molecule has 1 aliphatic rings. The fourth-order valence-corrected chi connectivity index (χ4v) is 2.11. The Morgan fingerprint density at radius 1 is 1.53 bits per heavy atom. The van der Waals surface area contributed by atoms with Crippen LogP contribution < -0.4 is 16.0 Å². The first-order valence-electron chi connectivity index (χ1n) is 6.08. The van der Waals surface area contributed by atoms with Crippen LogP contribution in [0.2, 0.25) is 0 Å². The van der Waals surface area contributed by atoms with E-state index in [-0.39, 0.29) is 6.03 Å². The highest BCUT2D eigenvalue weighted by Crippen LogP contribution is 2.31. The van der Waals surface area contributed by atoms with Crippen LogP contribution >= 0.6 is 0 Å². The molecule has 4 heteroatoms. The zero-order valence-electron chi connectivity index (χ0n) is 10.4. The number of benzene rings is 1. The van der Waals surface area contributed by atoms with Gasteiger partial charge in [-0.15, -0.1) is 0 Å². The van der Waals surface area contributed by atoms with E-state index in [0.717, 1.165) is 36.3 Å². The first-order valence-corrected chi connectivity index (χ1v) is 6.08. The van der Waals surface area contributed by atoms with E-state index < -0.39 is 0 Å². The fourth-order valence-electron chi connectivity index (χ4n) is 2.11. The second-order valence-corrected chi connectivity index (χ2v) is 4.47. The summed E-state index contributed by atoms with van der Waals surface area (Å²) < 4.78 is 0. The number of fused-ring (bicyclic) bond motifs is 1. The van der Waals surface area contributed by atoms with E-state index in [4.69, 9.17) is 5.73 Å². The summed E-state index contributed by atoms with van der Waals surface area (Å²) in [6, 6.07) is 3.97. The largest absolute Gasteiger partial charge is 0.398 e. The van der Waals surface area contributed by atoms with E-state index in [1.165, 1.54) is 5.56 Å². The van der Waals surface area contributed by atoms with Crippen molar-refractivity contribution >= 4 is 17.4 Å². The van der Waals surface area contributed by atoms with Crippen molar-refractivity contribution in [2.75, 3.05) is 23.7 Å². The van der Waals surface area contributed by atoms with Gasteiger partial charge in [0.2, 0.25) is 0 Å².